The lowest BCUT2D eigenvalue weighted by Crippen LogP contribution is -2.42. The number of aliphatic imine (C=N–C) groups is 1. The Kier molecular flexibility index (Phi) is 5.22. The van der Waals surface area contributed by atoms with Gasteiger partial charge < -0.3 is 10.2 Å². The minimum atomic E-state index is -0.209. The van der Waals surface area contributed by atoms with Crippen molar-refractivity contribution >= 4 is 34.6 Å². The van der Waals surface area contributed by atoms with Crippen LogP contribution < -0.4 is 10.2 Å². The van der Waals surface area contributed by atoms with Gasteiger partial charge >= 0.3 is 0 Å². The summed E-state index contributed by atoms with van der Waals surface area (Å²) in [7, 11) is 0. The average Bonchev–Trinajstić information content (AvgIpc) is 3.13. The van der Waals surface area contributed by atoms with Crippen molar-refractivity contribution in [3.63, 3.8) is 0 Å². The van der Waals surface area contributed by atoms with Gasteiger partial charge in [0.15, 0.2) is 0 Å². The molecule has 1 aliphatic carbocycles. The molecule has 5 nitrogen and oxygen atoms in total. The normalized spacial score (nSPS) is 18.0. The van der Waals surface area contributed by atoms with Crippen LogP contribution in [0, 0.1) is 19.8 Å². The fourth-order valence-corrected chi connectivity index (χ4v) is 4.16. The summed E-state index contributed by atoms with van der Waals surface area (Å²) >= 11 is 0. The standard InChI is InChI=1S/C24H27N3O2/c1-4-17-7-5-8-18(13-17)25-23(28)14-27-22-12-16(3)15(2)11-21(22)26-20-10-6-9-19(20)24(27)29/h5,7-8,11-13,19H,4,6,9-10,14H2,1-3H3,(H,25,28)/t19-/m1/s1. The van der Waals surface area contributed by atoms with Crippen LogP contribution >= 0.6 is 0 Å². The molecule has 1 N–H and O–H groups in total. The number of carbonyl (C=O) groups excluding carboxylic acids is 2. The smallest absolute Gasteiger partial charge is 0.244 e. The van der Waals surface area contributed by atoms with Crippen molar-refractivity contribution in [1.82, 2.24) is 0 Å². The highest BCUT2D eigenvalue weighted by Gasteiger charge is 2.37. The van der Waals surface area contributed by atoms with Crippen molar-refractivity contribution in [3.05, 3.63) is 53.1 Å². The molecule has 1 heterocycles. The van der Waals surface area contributed by atoms with Crippen LogP contribution in [0.25, 0.3) is 0 Å². The fraction of sp³-hybridized carbons (Fsp3) is 0.375. The Hall–Kier alpha value is -2.95. The molecule has 29 heavy (non-hydrogen) atoms. The zero-order valence-corrected chi connectivity index (χ0v) is 17.3. The van der Waals surface area contributed by atoms with Crippen LogP contribution in [0.15, 0.2) is 41.4 Å². The molecule has 0 radical (unpaired) electrons. The summed E-state index contributed by atoms with van der Waals surface area (Å²) in [5, 5.41) is 2.95. The number of benzene rings is 2. The molecule has 0 bridgehead atoms. The van der Waals surface area contributed by atoms with Crippen LogP contribution in [-0.4, -0.2) is 24.1 Å². The van der Waals surface area contributed by atoms with Gasteiger partial charge in [-0.1, -0.05) is 19.1 Å². The first-order valence-electron chi connectivity index (χ1n) is 10.3. The Balaban J connectivity index is 1.64. The van der Waals surface area contributed by atoms with Gasteiger partial charge in [-0.25, -0.2) is 0 Å². The molecule has 0 spiro atoms. The van der Waals surface area contributed by atoms with Gasteiger partial charge in [0.05, 0.1) is 17.3 Å². The Morgan fingerprint density at radius 2 is 2.00 bits per heavy atom. The number of amides is 2. The Morgan fingerprint density at radius 1 is 1.21 bits per heavy atom. The van der Waals surface area contributed by atoms with Gasteiger partial charge in [0.25, 0.3) is 0 Å². The van der Waals surface area contributed by atoms with Gasteiger partial charge in [-0.2, -0.15) is 0 Å². The van der Waals surface area contributed by atoms with Crippen molar-refractivity contribution in [2.45, 2.75) is 46.5 Å². The molecule has 1 atom stereocenters. The molecular weight excluding hydrogens is 362 g/mol. The second-order valence-corrected chi connectivity index (χ2v) is 8.00. The van der Waals surface area contributed by atoms with Gasteiger partial charge in [0.2, 0.25) is 11.8 Å². The van der Waals surface area contributed by atoms with Crippen LogP contribution in [0.5, 0.6) is 0 Å². The third-order valence-electron chi connectivity index (χ3n) is 5.96. The first-order chi connectivity index (χ1) is 14.0. The average molecular weight is 389 g/mol. The van der Waals surface area contributed by atoms with Crippen LogP contribution in [0.4, 0.5) is 17.1 Å². The minimum absolute atomic E-state index is 0.00993. The molecule has 1 aliphatic heterocycles. The van der Waals surface area contributed by atoms with E-state index < -0.39 is 0 Å². The lowest BCUT2D eigenvalue weighted by molar-refractivity contribution is -0.122. The third-order valence-corrected chi connectivity index (χ3v) is 5.96. The number of nitrogens with zero attached hydrogens (tertiary/aromatic N) is 2. The highest BCUT2D eigenvalue weighted by molar-refractivity contribution is 6.16. The Bertz CT molecular complexity index is 1010. The summed E-state index contributed by atoms with van der Waals surface area (Å²) in [6.45, 7) is 6.14. The molecule has 4 rings (SSSR count). The molecule has 2 aromatic carbocycles. The minimum Gasteiger partial charge on any atom is -0.325 e. The lowest BCUT2D eigenvalue weighted by atomic mass is 10.0. The Labute approximate surface area is 171 Å². The van der Waals surface area contributed by atoms with Gasteiger partial charge in [0, 0.05) is 11.4 Å². The maximum absolute atomic E-state index is 13.3. The number of anilines is 2. The highest BCUT2D eigenvalue weighted by Crippen LogP contribution is 2.39. The summed E-state index contributed by atoms with van der Waals surface area (Å²) in [4.78, 5) is 32.7. The van der Waals surface area contributed by atoms with Crippen LogP contribution in [0.1, 0.15) is 42.9 Å². The van der Waals surface area contributed by atoms with E-state index in [1.807, 2.05) is 50.2 Å². The van der Waals surface area contributed by atoms with Crippen LogP contribution in [0.2, 0.25) is 0 Å². The van der Waals surface area contributed by atoms with E-state index in [2.05, 4.69) is 12.2 Å². The predicted octanol–water partition coefficient (Wildman–Crippen LogP) is 4.72. The molecule has 5 heteroatoms. The second-order valence-electron chi connectivity index (χ2n) is 8.00. The lowest BCUT2D eigenvalue weighted by Gasteiger charge is -2.25. The number of hydrogen-bond donors (Lipinski definition) is 1. The SMILES string of the molecule is CCc1cccc(NC(=O)CN2C(=O)[C@@H]3CCCC3=Nc3cc(C)c(C)cc32)c1. The number of fused-ring (bicyclic) bond motifs is 2. The quantitative estimate of drug-likeness (QED) is 0.822. The molecule has 150 valence electrons. The molecule has 0 saturated heterocycles. The van der Waals surface area contributed by atoms with Crippen LogP contribution in [-0.2, 0) is 16.0 Å². The van der Waals surface area contributed by atoms with E-state index >= 15 is 0 Å². The van der Waals surface area contributed by atoms with E-state index in [0.717, 1.165) is 65.1 Å². The summed E-state index contributed by atoms with van der Waals surface area (Å²) < 4.78 is 0. The third kappa shape index (κ3) is 3.82. The first-order valence-corrected chi connectivity index (χ1v) is 10.3. The van der Waals surface area contributed by atoms with Crippen molar-refractivity contribution in [3.8, 4) is 0 Å². The zero-order valence-electron chi connectivity index (χ0n) is 17.3. The maximum atomic E-state index is 13.3. The molecular formula is C24H27N3O2. The summed E-state index contributed by atoms with van der Waals surface area (Å²) in [5.41, 5.74) is 6.63. The van der Waals surface area contributed by atoms with Crippen LogP contribution in [0.3, 0.4) is 0 Å². The highest BCUT2D eigenvalue weighted by atomic mass is 16.2. The summed E-state index contributed by atoms with van der Waals surface area (Å²) in [6, 6.07) is 11.8. The number of aryl methyl sites for hydroxylation is 3. The van der Waals surface area contributed by atoms with Gasteiger partial charge in [-0.05, 0) is 80.5 Å². The van der Waals surface area contributed by atoms with Crippen molar-refractivity contribution in [2.75, 3.05) is 16.8 Å². The number of hydrogen-bond acceptors (Lipinski definition) is 3. The largest absolute Gasteiger partial charge is 0.325 e. The molecule has 0 unspecified atom stereocenters. The predicted molar refractivity (Wildman–Crippen MR) is 117 cm³/mol. The van der Waals surface area contributed by atoms with Crippen molar-refractivity contribution in [2.24, 2.45) is 10.9 Å². The fourth-order valence-electron chi connectivity index (χ4n) is 4.16. The van der Waals surface area contributed by atoms with Gasteiger partial charge in [0.1, 0.15) is 6.54 Å². The first kappa shape index (κ1) is 19.4. The van der Waals surface area contributed by atoms with Crippen molar-refractivity contribution < 1.29 is 9.59 Å². The molecule has 2 amide bonds. The molecule has 2 aliphatic rings. The van der Waals surface area contributed by atoms with Gasteiger partial charge in [-0.15, -0.1) is 0 Å². The molecule has 1 saturated carbocycles. The topological polar surface area (TPSA) is 61.8 Å². The Morgan fingerprint density at radius 3 is 2.79 bits per heavy atom. The molecule has 1 fully saturated rings. The summed E-state index contributed by atoms with van der Waals surface area (Å²) in [5.74, 6) is -0.419. The number of carbonyl (C=O) groups is 2. The zero-order chi connectivity index (χ0) is 20.5. The van der Waals surface area contributed by atoms with E-state index in [4.69, 9.17) is 4.99 Å². The van der Waals surface area contributed by atoms with E-state index in [1.54, 1.807) is 4.90 Å². The number of rotatable bonds is 4. The van der Waals surface area contributed by atoms with Gasteiger partial charge in [-0.3, -0.25) is 14.6 Å². The van der Waals surface area contributed by atoms with E-state index in [1.165, 1.54) is 0 Å². The van der Waals surface area contributed by atoms with E-state index in [-0.39, 0.29) is 24.3 Å². The number of nitrogens with one attached hydrogen (secondary N) is 1. The summed E-state index contributed by atoms with van der Waals surface area (Å²) in [6.07, 6.45) is 3.54. The molecule has 2 aromatic rings. The molecule has 0 aromatic heterocycles. The van der Waals surface area contributed by atoms with E-state index in [9.17, 15) is 9.59 Å². The second kappa shape index (κ2) is 7.82. The maximum Gasteiger partial charge on any atom is 0.244 e. The van der Waals surface area contributed by atoms with E-state index in [0.29, 0.717) is 0 Å². The monoisotopic (exact) mass is 389 g/mol. The van der Waals surface area contributed by atoms with Crippen molar-refractivity contribution in [1.29, 1.82) is 0 Å².